The van der Waals surface area contributed by atoms with Crippen LogP contribution in [0.3, 0.4) is 0 Å². The summed E-state index contributed by atoms with van der Waals surface area (Å²) in [5.41, 5.74) is 8.08. The van der Waals surface area contributed by atoms with Crippen molar-refractivity contribution in [1.82, 2.24) is 9.38 Å². The van der Waals surface area contributed by atoms with Crippen LogP contribution in [0.4, 0.5) is 5.82 Å². The fourth-order valence-corrected chi connectivity index (χ4v) is 2.48. The summed E-state index contributed by atoms with van der Waals surface area (Å²) in [6.45, 7) is 0. The lowest BCUT2D eigenvalue weighted by atomic mass is 10.1. The van der Waals surface area contributed by atoms with Crippen molar-refractivity contribution in [3.8, 4) is 17.0 Å². The van der Waals surface area contributed by atoms with Gasteiger partial charge in [-0.2, -0.15) is 0 Å². The van der Waals surface area contributed by atoms with E-state index in [4.69, 9.17) is 33.7 Å². The lowest BCUT2D eigenvalue weighted by Crippen LogP contribution is -1.95. The number of nitrogens with two attached hydrogens (primary N) is 1. The fourth-order valence-electron chi connectivity index (χ4n) is 2.10. The maximum atomic E-state index is 6.21. The molecule has 3 aromatic rings. The van der Waals surface area contributed by atoms with E-state index in [9.17, 15) is 0 Å². The molecule has 2 heterocycles. The number of anilines is 1. The zero-order valence-corrected chi connectivity index (χ0v) is 12.1. The molecule has 3 rings (SSSR count). The number of hydrogen-bond donors (Lipinski definition) is 1. The van der Waals surface area contributed by atoms with Gasteiger partial charge < -0.3 is 10.5 Å². The molecule has 0 bridgehead atoms. The summed E-state index contributed by atoms with van der Waals surface area (Å²) in [4.78, 5) is 4.53. The number of ether oxygens (including phenoxy) is 1. The van der Waals surface area contributed by atoms with E-state index in [1.54, 1.807) is 29.7 Å². The number of rotatable bonds is 2. The molecule has 0 radical (unpaired) electrons. The highest BCUT2D eigenvalue weighted by molar-refractivity contribution is 6.35. The number of halogens is 2. The summed E-state index contributed by atoms with van der Waals surface area (Å²) in [6, 6.07) is 8.85. The number of imidazole rings is 1. The van der Waals surface area contributed by atoms with E-state index in [0.717, 1.165) is 0 Å². The molecule has 0 saturated heterocycles. The number of hydrogen-bond acceptors (Lipinski definition) is 3. The molecule has 102 valence electrons. The molecule has 4 nitrogen and oxygen atoms in total. The van der Waals surface area contributed by atoms with Crippen LogP contribution in [0.25, 0.3) is 16.9 Å². The van der Waals surface area contributed by atoms with Crippen molar-refractivity contribution >= 4 is 34.7 Å². The van der Waals surface area contributed by atoms with E-state index in [-0.39, 0.29) is 0 Å². The van der Waals surface area contributed by atoms with Crippen LogP contribution in [0, 0.1) is 0 Å². The molecule has 2 N–H and O–H groups in total. The molecule has 20 heavy (non-hydrogen) atoms. The van der Waals surface area contributed by atoms with Gasteiger partial charge in [0.15, 0.2) is 11.4 Å². The molecular formula is C14H11Cl2N3O. The second-order valence-corrected chi connectivity index (χ2v) is 5.08. The zero-order chi connectivity index (χ0) is 14.3. The van der Waals surface area contributed by atoms with Gasteiger partial charge in [0.2, 0.25) is 0 Å². The second-order valence-electron chi connectivity index (χ2n) is 4.24. The Bertz CT molecular complexity index is 798. The maximum Gasteiger partial charge on any atom is 0.181 e. The van der Waals surface area contributed by atoms with E-state index < -0.39 is 0 Å². The van der Waals surface area contributed by atoms with Crippen LogP contribution in [0.1, 0.15) is 0 Å². The first-order valence-electron chi connectivity index (χ1n) is 5.88. The Morgan fingerprint density at radius 3 is 2.80 bits per heavy atom. The van der Waals surface area contributed by atoms with Gasteiger partial charge in [-0.05, 0) is 30.3 Å². The van der Waals surface area contributed by atoms with Gasteiger partial charge in [-0.1, -0.05) is 23.2 Å². The van der Waals surface area contributed by atoms with Crippen molar-refractivity contribution in [3.05, 3.63) is 46.6 Å². The largest absolute Gasteiger partial charge is 0.493 e. The Morgan fingerprint density at radius 1 is 1.25 bits per heavy atom. The smallest absolute Gasteiger partial charge is 0.181 e. The maximum absolute atomic E-state index is 6.21. The molecule has 1 aromatic carbocycles. The molecule has 0 unspecified atom stereocenters. The fraction of sp³-hybridized carbons (Fsp3) is 0.0714. The Balaban J connectivity index is 2.32. The van der Waals surface area contributed by atoms with Crippen molar-refractivity contribution in [2.24, 2.45) is 0 Å². The first-order chi connectivity index (χ1) is 9.61. The predicted molar refractivity (Wildman–Crippen MR) is 81.6 cm³/mol. The molecular weight excluding hydrogens is 297 g/mol. The lowest BCUT2D eigenvalue weighted by molar-refractivity contribution is 0.417. The average molecular weight is 308 g/mol. The number of fused-ring (bicyclic) bond motifs is 1. The van der Waals surface area contributed by atoms with Gasteiger partial charge in [0.05, 0.1) is 12.1 Å². The molecule has 0 spiro atoms. The number of pyridine rings is 1. The van der Waals surface area contributed by atoms with Crippen molar-refractivity contribution in [2.45, 2.75) is 0 Å². The van der Waals surface area contributed by atoms with Gasteiger partial charge in [0.25, 0.3) is 0 Å². The molecule has 0 atom stereocenters. The normalized spacial score (nSPS) is 10.9. The van der Waals surface area contributed by atoms with Crippen molar-refractivity contribution in [3.63, 3.8) is 0 Å². The van der Waals surface area contributed by atoms with E-state index in [1.807, 2.05) is 18.3 Å². The minimum absolute atomic E-state index is 0.489. The summed E-state index contributed by atoms with van der Waals surface area (Å²) >= 11 is 12.2. The van der Waals surface area contributed by atoms with Crippen LogP contribution in [0.5, 0.6) is 5.75 Å². The first kappa shape index (κ1) is 13.1. The third kappa shape index (κ3) is 1.97. The Hall–Kier alpha value is -1.91. The monoisotopic (exact) mass is 307 g/mol. The first-order valence-corrected chi connectivity index (χ1v) is 6.63. The molecule has 0 saturated carbocycles. The Kier molecular flexibility index (Phi) is 3.20. The Morgan fingerprint density at radius 2 is 2.05 bits per heavy atom. The quantitative estimate of drug-likeness (QED) is 0.781. The molecule has 0 aliphatic carbocycles. The predicted octanol–water partition coefficient (Wildman–Crippen LogP) is 3.90. The minimum atomic E-state index is 0.489. The minimum Gasteiger partial charge on any atom is -0.493 e. The van der Waals surface area contributed by atoms with E-state index in [1.165, 1.54) is 0 Å². The van der Waals surface area contributed by atoms with Crippen molar-refractivity contribution < 1.29 is 4.74 Å². The highest BCUT2D eigenvalue weighted by Gasteiger charge is 2.16. The van der Waals surface area contributed by atoms with Crippen molar-refractivity contribution in [1.29, 1.82) is 0 Å². The summed E-state index contributed by atoms with van der Waals surface area (Å²) in [7, 11) is 1.59. The third-order valence-electron chi connectivity index (χ3n) is 3.05. The second kappa shape index (κ2) is 4.89. The SMILES string of the molecule is COc1cccn2c(N)c(-c3cc(Cl)ccc3Cl)nc12. The number of methoxy groups -OCH3 is 1. The van der Waals surface area contributed by atoms with E-state index >= 15 is 0 Å². The molecule has 0 fully saturated rings. The highest BCUT2D eigenvalue weighted by Crippen LogP contribution is 2.35. The van der Waals surface area contributed by atoms with Crippen LogP contribution < -0.4 is 10.5 Å². The average Bonchev–Trinajstić information content (AvgIpc) is 2.79. The number of aromatic nitrogens is 2. The standard InChI is InChI=1S/C14H11Cl2N3O/c1-20-11-3-2-6-19-13(17)12(18-14(11)19)9-7-8(15)4-5-10(9)16/h2-7H,17H2,1H3. The van der Waals surface area contributed by atoms with E-state index in [0.29, 0.717) is 38.5 Å². The number of nitrogens with zero attached hydrogens (tertiary/aromatic N) is 2. The van der Waals surface area contributed by atoms with Crippen LogP contribution in [-0.4, -0.2) is 16.5 Å². The summed E-state index contributed by atoms with van der Waals surface area (Å²) < 4.78 is 7.04. The molecule has 0 aliphatic heterocycles. The Labute approximate surface area is 125 Å². The van der Waals surface area contributed by atoms with Gasteiger partial charge in [0.1, 0.15) is 11.5 Å². The van der Waals surface area contributed by atoms with Crippen LogP contribution in [-0.2, 0) is 0 Å². The summed E-state index contributed by atoms with van der Waals surface area (Å²) in [5.74, 6) is 1.13. The summed E-state index contributed by atoms with van der Waals surface area (Å²) in [5, 5.41) is 1.12. The topological polar surface area (TPSA) is 52.5 Å². The third-order valence-corrected chi connectivity index (χ3v) is 3.62. The van der Waals surface area contributed by atoms with Crippen LogP contribution in [0.2, 0.25) is 10.0 Å². The lowest BCUT2D eigenvalue weighted by Gasteiger charge is -2.03. The summed E-state index contributed by atoms with van der Waals surface area (Å²) in [6.07, 6.45) is 1.82. The van der Waals surface area contributed by atoms with Crippen molar-refractivity contribution in [2.75, 3.05) is 12.8 Å². The molecule has 0 amide bonds. The zero-order valence-electron chi connectivity index (χ0n) is 10.6. The molecule has 2 aromatic heterocycles. The van der Waals surface area contributed by atoms with Crippen LogP contribution >= 0.6 is 23.2 Å². The van der Waals surface area contributed by atoms with Gasteiger partial charge in [-0.3, -0.25) is 4.40 Å². The van der Waals surface area contributed by atoms with Gasteiger partial charge >= 0.3 is 0 Å². The van der Waals surface area contributed by atoms with Gasteiger partial charge in [-0.25, -0.2) is 4.98 Å². The van der Waals surface area contributed by atoms with E-state index in [2.05, 4.69) is 4.98 Å². The molecule has 6 heteroatoms. The molecule has 0 aliphatic rings. The van der Waals surface area contributed by atoms with Gasteiger partial charge in [-0.15, -0.1) is 0 Å². The number of nitrogen functional groups attached to an aromatic ring is 1. The van der Waals surface area contributed by atoms with Gasteiger partial charge in [0, 0.05) is 16.8 Å². The van der Waals surface area contributed by atoms with Crippen LogP contribution in [0.15, 0.2) is 36.5 Å². The highest BCUT2D eigenvalue weighted by atomic mass is 35.5. The number of benzene rings is 1.